The van der Waals surface area contributed by atoms with E-state index in [9.17, 15) is 28.2 Å². The van der Waals surface area contributed by atoms with E-state index < -0.39 is 22.1 Å². The van der Waals surface area contributed by atoms with Gasteiger partial charge in [-0.05, 0) is 48.4 Å². The molecule has 0 atom stereocenters. The molecule has 31 heavy (non-hydrogen) atoms. The normalized spacial score (nSPS) is 11.0. The number of rotatable bonds is 6. The highest BCUT2D eigenvalue weighted by Crippen LogP contribution is 2.28. The zero-order valence-electron chi connectivity index (χ0n) is 16.4. The number of hydrogen-bond acceptors (Lipinski definition) is 6. The molecule has 0 spiro atoms. The van der Waals surface area contributed by atoms with Gasteiger partial charge in [0.1, 0.15) is 12.4 Å². The second-order valence-corrected chi connectivity index (χ2v) is 8.37. The lowest BCUT2D eigenvalue weighted by Gasteiger charge is -2.20. The fourth-order valence-corrected chi connectivity index (χ4v) is 4.40. The second kappa shape index (κ2) is 8.88. The number of carbonyl (C=O) groups is 2. The molecule has 3 rings (SSSR count). The molecule has 0 aliphatic carbocycles. The Labute approximate surface area is 179 Å². The number of aryl methyl sites for hydroxylation is 1. The Morgan fingerprint density at radius 1 is 0.968 bits per heavy atom. The van der Waals surface area contributed by atoms with Gasteiger partial charge in [0.2, 0.25) is 0 Å². The average molecular weight is 441 g/mol. The predicted octanol–water partition coefficient (Wildman–Crippen LogP) is 3.93. The Morgan fingerprint density at radius 3 is 2.23 bits per heavy atom. The third kappa shape index (κ3) is 4.84. The van der Waals surface area contributed by atoms with Gasteiger partial charge >= 0.3 is 12.1 Å². The lowest BCUT2D eigenvalue weighted by molar-refractivity contribution is 0.0472. The summed E-state index contributed by atoms with van der Waals surface area (Å²) in [7, 11) is -4.53. The molecule has 0 heterocycles. The molecule has 0 saturated carbocycles. The number of ether oxygens (including phenoxy) is 1. The SMILES string of the molecule is Cc1ccc(O)cc1S(=O)(=O)N(C(=O)O)c1ccc(C(=O)OCc2ccccc2)cc1. The topological polar surface area (TPSA) is 121 Å². The Kier molecular flexibility index (Phi) is 6.26. The predicted molar refractivity (Wildman–Crippen MR) is 113 cm³/mol. The summed E-state index contributed by atoms with van der Waals surface area (Å²) in [5.74, 6) is -0.949. The zero-order valence-corrected chi connectivity index (χ0v) is 17.2. The molecule has 160 valence electrons. The smallest absolute Gasteiger partial charge is 0.426 e. The van der Waals surface area contributed by atoms with Crippen molar-refractivity contribution in [1.82, 2.24) is 0 Å². The van der Waals surface area contributed by atoms with E-state index in [1.54, 1.807) is 12.1 Å². The highest BCUT2D eigenvalue weighted by Gasteiger charge is 2.32. The maximum atomic E-state index is 13.0. The van der Waals surface area contributed by atoms with Crippen molar-refractivity contribution in [3.8, 4) is 5.75 Å². The van der Waals surface area contributed by atoms with Crippen LogP contribution in [0, 0.1) is 6.92 Å². The minimum atomic E-state index is -4.53. The maximum absolute atomic E-state index is 13.0. The number of carbonyl (C=O) groups excluding carboxylic acids is 1. The molecule has 8 nitrogen and oxygen atoms in total. The Bertz CT molecular complexity index is 1210. The van der Waals surface area contributed by atoms with Gasteiger partial charge in [-0.25, -0.2) is 18.0 Å². The van der Waals surface area contributed by atoms with Gasteiger partial charge < -0.3 is 14.9 Å². The van der Waals surface area contributed by atoms with Crippen LogP contribution in [-0.4, -0.2) is 30.7 Å². The number of esters is 1. The summed E-state index contributed by atoms with van der Waals surface area (Å²) >= 11 is 0. The number of amides is 1. The third-order valence-corrected chi connectivity index (χ3v) is 6.26. The first-order valence-corrected chi connectivity index (χ1v) is 10.5. The minimum Gasteiger partial charge on any atom is -0.508 e. The van der Waals surface area contributed by atoms with Gasteiger partial charge in [-0.3, -0.25) is 0 Å². The van der Waals surface area contributed by atoms with Gasteiger partial charge in [0.05, 0.1) is 16.1 Å². The molecular formula is C22H19NO7S. The fraction of sp³-hybridized carbons (Fsp3) is 0.0909. The summed E-state index contributed by atoms with van der Waals surface area (Å²) < 4.78 is 31.3. The number of benzene rings is 3. The van der Waals surface area contributed by atoms with Crippen LogP contribution in [0.5, 0.6) is 5.75 Å². The number of anilines is 1. The van der Waals surface area contributed by atoms with Crippen LogP contribution in [0.3, 0.4) is 0 Å². The fourth-order valence-electron chi connectivity index (χ4n) is 2.86. The van der Waals surface area contributed by atoms with E-state index in [2.05, 4.69) is 0 Å². The van der Waals surface area contributed by atoms with E-state index in [1.807, 2.05) is 18.2 Å². The van der Waals surface area contributed by atoms with Gasteiger partial charge in [0.15, 0.2) is 0 Å². The number of phenols is 1. The summed E-state index contributed by atoms with van der Waals surface area (Å²) in [4.78, 5) is 23.7. The largest absolute Gasteiger partial charge is 0.508 e. The van der Waals surface area contributed by atoms with Crippen LogP contribution in [-0.2, 0) is 21.4 Å². The Morgan fingerprint density at radius 2 is 1.61 bits per heavy atom. The zero-order chi connectivity index (χ0) is 22.6. The summed E-state index contributed by atoms with van der Waals surface area (Å²) in [6.07, 6.45) is -1.73. The molecule has 0 aliphatic rings. The van der Waals surface area contributed by atoms with Gasteiger partial charge in [-0.15, -0.1) is 0 Å². The summed E-state index contributed by atoms with van der Waals surface area (Å²) in [5.41, 5.74) is 1.02. The molecule has 3 aromatic rings. The van der Waals surface area contributed by atoms with E-state index in [0.29, 0.717) is 0 Å². The number of nitrogens with zero attached hydrogens (tertiary/aromatic N) is 1. The standard InChI is InChI=1S/C22H19NO7S/c1-15-7-12-19(24)13-20(15)31(28,29)23(22(26)27)18-10-8-17(9-11-18)21(25)30-14-16-5-3-2-4-6-16/h2-13,24H,14H2,1H3,(H,26,27). The maximum Gasteiger partial charge on any atom is 0.426 e. The van der Waals surface area contributed by atoms with Crippen LogP contribution < -0.4 is 4.31 Å². The van der Waals surface area contributed by atoms with Crippen molar-refractivity contribution >= 4 is 27.8 Å². The van der Waals surface area contributed by atoms with Crippen LogP contribution in [0.25, 0.3) is 0 Å². The van der Waals surface area contributed by atoms with Crippen LogP contribution in [0.15, 0.2) is 77.7 Å². The molecule has 0 unspecified atom stereocenters. The molecule has 9 heteroatoms. The van der Waals surface area contributed by atoms with Crippen molar-refractivity contribution in [2.24, 2.45) is 0 Å². The number of hydrogen-bond donors (Lipinski definition) is 2. The molecule has 0 radical (unpaired) electrons. The van der Waals surface area contributed by atoms with Gasteiger partial charge in [-0.1, -0.05) is 36.4 Å². The molecule has 0 aromatic heterocycles. The number of carboxylic acid groups (broad SMARTS) is 1. The highest BCUT2D eigenvalue weighted by atomic mass is 32.2. The van der Waals surface area contributed by atoms with Crippen LogP contribution in [0.4, 0.5) is 10.5 Å². The number of aromatic hydroxyl groups is 1. The minimum absolute atomic E-state index is 0.0633. The van der Waals surface area contributed by atoms with E-state index in [4.69, 9.17) is 4.74 Å². The first kappa shape index (κ1) is 21.8. The average Bonchev–Trinajstić information content (AvgIpc) is 2.74. The molecule has 2 N–H and O–H groups in total. The van der Waals surface area contributed by atoms with Crippen molar-refractivity contribution in [1.29, 1.82) is 0 Å². The van der Waals surface area contributed by atoms with Gasteiger partial charge in [0, 0.05) is 6.07 Å². The number of sulfonamides is 1. The second-order valence-electron chi connectivity index (χ2n) is 6.61. The third-order valence-electron chi connectivity index (χ3n) is 4.41. The Hall–Kier alpha value is -3.85. The van der Waals surface area contributed by atoms with E-state index in [0.717, 1.165) is 11.6 Å². The van der Waals surface area contributed by atoms with Crippen molar-refractivity contribution in [3.05, 3.63) is 89.5 Å². The summed E-state index contributed by atoms with van der Waals surface area (Å²) in [6, 6.07) is 17.7. The lowest BCUT2D eigenvalue weighted by Crippen LogP contribution is -2.36. The molecule has 1 amide bonds. The molecule has 3 aromatic carbocycles. The van der Waals surface area contributed by atoms with Gasteiger partial charge in [-0.2, -0.15) is 4.31 Å². The van der Waals surface area contributed by atoms with E-state index >= 15 is 0 Å². The first-order valence-electron chi connectivity index (χ1n) is 9.09. The van der Waals surface area contributed by atoms with E-state index in [-0.39, 0.29) is 38.4 Å². The molecule has 0 saturated heterocycles. The highest BCUT2D eigenvalue weighted by molar-refractivity contribution is 7.93. The van der Waals surface area contributed by atoms with Crippen LogP contribution in [0.1, 0.15) is 21.5 Å². The van der Waals surface area contributed by atoms with E-state index in [1.165, 1.54) is 43.3 Å². The quantitative estimate of drug-likeness (QED) is 0.556. The number of phenolic OH excluding ortho intramolecular Hbond substituents is 1. The van der Waals surface area contributed by atoms with Crippen molar-refractivity contribution in [3.63, 3.8) is 0 Å². The van der Waals surface area contributed by atoms with Crippen molar-refractivity contribution in [2.45, 2.75) is 18.4 Å². The molecule has 0 fully saturated rings. The first-order chi connectivity index (χ1) is 14.7. The summed E-state index contributed by atoms with van der Waals surface area (Å²) in [6.45, 7) is 1.55. The van der Waals surface area contributed by atoms with Crippen molar-refractivity contribution in [2.75, 3.05) is 4.31 Å². The molecule has 0 bridgehead atoms. The van der Waals surface area contributed by atoms with Gasteiger partial charge in [0.25, 0.3) is 10.0 Å². The van der Waals surface area contributed by atoms with Crippen LogP contribution >= 0.6 is 0 Å². The molecule has 0 aliphatic heterocycles. The summed E-state index contributed by atoms with van der Waals surface area (Å²) in [5, 5.41) is 19.2. The van der Waals surface area contributed by atoms with Crippen LogP contribution in [0.2, 0.25) is 0 Å². The monoisotopic (exact) mass is 441 g/mol. The Balaban J connectivity index is 1.85. The van der Waals surface area contributed by atoms with Crippen molar-refractivity contribution < 1.29 is 33.0 Å². The lowest BCUT2D eigenvalue weighted by atomic mass is 10.2. The molecular weight excluding hydrogens is 422 g/mol.